The van der Waals surface area contributed by atoms with Gasteiger partial charge in [-0.3, -0.25) is 14.7 Å². The lowest BCUT2D eigenvalue weighted by molar-refractivity contribution is -0.137. The molecule has 7 nitrogen and oxygen atoms in total. The van der Waals surface area contributed by atoms with Crippen LogP contribution in [0.3, 0.4) is 0 Å². The van der Waals surface area contributed by atoms with Crippen LogP contribution in [0.4, 0.5) is 13.2 Å². The molecule has 0 bridgehead atoms. The maximum Gasteiger partial charge on any atom is 0.416 e. The number of nitrogens with zero attached hydrogens (tertiary/aromatic N) is 2. The van der Waals surface area contributed by atoms with Crippen molar-refractivity contribution in [2.24, 2.45) is 5.10 Å². The van der Waals surface area contributed by atoms with Crippen molar-refractivity contribution >= 4 is 11.6 Å². The van der Waals surface area contributed by atoms with Gasteiger partial charge in [-0.05, 0) is 62.4 Å². The van der Waals surface area contributed by atoms with Gasteiger partial charge in [-0.1, -0.05) is 0 Å². The SMILES string of the molecule is C/C(=N\NC(=O)c1ccc(O)cc1)c1c(C)[nH]n(-c2ccc(C(F)(F)F)cc2)c1=O. The van der Waals surface area contributed by atoms with Crippen LogP contribution in [0.15, 0.2) is 58.4 Å². The molecule has 0 unspecified atom stereocenters. The number of aromatic amines is 1. The molecule has 0 saturated carbocycles. The number of carbonyl (C=O) groups is 1. The van der Waals surface area contributed by atoms with Gasteiger partial charge in [-0.25, -0.2) is 10.1 Å². The van der Waals surface area contributed by atoms with Gasteiger partial charge in [0, 0.05) is 11.3 Å². The Labute approximate surface area is 168 Å². The first kappa shape index (κ1) is 20.9. The minimum absolute atomic E-state index is 0.0120. The Morgan fingerprint density at radius 1 is 1.10 bits per heavy atom. The molecular formula is C20H17F3N4O3. The second-order valence-corrected chi connectivity index (χ2v) is 6.48. The van der Waals surface area contributed by atoms with Gasteiger partial charge in [-0.2, -0.15) is 18.3 Å². The lowest BCUT2D eigenvalue weighted by Gasteiger charge is -2.07. The first-order valence-electron chi connectivity index (χ1n) is 8.71. The normalized spacial score (nSPS) is 12.1. The molecule has 3 rings (SSSR count). The number of H-pyrrole nitrogens is 1. The van der Waals surface area contributed by atoms with Gasteiger partial charge in [0.15, 0.2) is 0 Å². The fourth-order valence-corrected chi connectivity index (χ4v) is 2.82. The lowest BCUT2D eigenvalue weighted by atomic mass is 10.2. The Morgan fingerprint density at radius 2 is 1.70 bits per heavy atom. The molecule has 1 heterocycles. The summed E-state index contributed by atoms with van der Waals surface area (Å²) < 4.78 is 39.3. The third kappa shape index (κ3) is 4.27. The molecule has 1 aromatic heterocycles. The molecule has 3 aromatic rings. The fourth-order valence-electron chi connectivity index (χ4n) is 2.82. The number of alkyl halides is 3. The summed E-state index contributed by atoms with van der Waals surface area (Å²) in [6.45, 7) is 3.13. The molecule has 0 aliphatic carbocycles. The molecule has 0 saturated heterocycles. The predicted octanol–water partition coefficient (Wildman–Crippen LogP) is 3.35. The number of hydrazone groups is 1. The fraction of sp³-hybridized carbons (Fsp3) is 0.150. The number of benzene rings is 2. The largest absolute Gasteiger partial charge is 0.508 e. The summed E-state index contributed by atoms with van der Waals surface area (Å²) in [4.78, 5) is 24.9. The van der Waals surface area contributed by atoms with Gasteiger partial charge < -0.3 is 5.11 Å². The Kier molecular flexibility index (Phi) is 5.50. The number of phenols is 1. The van der Waals surface area contributed by atoms with Crippen LogP contribution in [0.1, 0.15) is 34.1 Å². The molecular weight excluding hydrogens is 401 g/mol. The van der Waals surface area contributed by atoms with Crippen molar-refractivity contribution in [3.63, 3.8) is 0 Å². The van der Waals surface area contributed by atoms with Gasteiger partial charge in [0.2, 0.25) is 0 Å². The second kappa shape index (κ2) is 7.90. The third-order valence-electron chi connectivity index (χ3n) is 4.34. The number of aromatic nitrogens is 2. The molecule has 30 heavy (non-hydrogen) atoms. The van der Waals surface area contributed by atoms with E-state index in [4.69, 9.17) is 0 Å². The smallest absolute Gasteiger partial charge is 0.416 e. The van der Waals surface area contributed by atoms with Gasteiger partial charge in [-0.15, -0.1) is 0 Å². The van der Waals surface area contributed by atoms with Crippen LogP contribution < -0.4 is 11.0 Å². The summed E-state index contributed by atoms with van der Waals surface area (Å²) in [6, 6.07) is 9.66. The molecule has 0 spiro atoms. The van der Waals surface area contributed by atoms with Crippen LogP contribution in [0.5, 0.6) is 5.75 Å². The average Bonchev–Trinajstić information content (AvgIpc) is 3.00. The summed E-state index contributed by atoms with van der Waals surface area (Å²) in [5.41, 5.74) is 2.29. The van der Waals surface area contributed by atoms with E-state index < -0.39 is 23.2 Å². The van der Waals surface area contributed by atoms with Gasteiger partial charge in [0.25, 0.3) is 11.5 Å². The number of rotatable bonds is 4. The number of aromatic hydroxyl groups is 1. The molecule has 2 aromatic carbocycles. The van der Waals surface area contributed by atoms with Crippen molar-refractivity contribution in [2.75, 3.05) is 0 Å². The molecule has 10 heteroatoms. The van der Waals surface area contributed by atoms with Gasteiger partial charge in [0.05, 0.1) is 22.5 Å². The zero-order valence-corrected chi connectivity index (χ0v) is 15.9. The van der Waals surface area contributed by atoms with E-state index in [0.717, 1.165) is 16.8 Å². The Morgan fingerprint density at radius 3 is 2.27 bits per heavy atom. The number of hydrogen-bond donors (Lipinski definition) is 3. The predicted molar refractivity (Wildman–Crippen MR) is 104 cm³/mol. The highest BCUT2D eigenvalue weighted by Gasteiger charge is 2.30. The molecule has 0 radical (unpaired) electrons. The van der Waals surface area contributed by atoms with E-state index in [-0.39, 0.29) is 28.3 Å². The first-order chi connectivity index (χ1) is 14.1. The third-order valence-corrected chi connectivity index (χ3v) is 4.34. The average molecular weight is 418 g/mol. The summed E-state index contributed by atoms with van der Waals surface area (Å²) >= 11 is 0. The van der Waals surface area contributed by atoms with Crippen molar-refractivity contribution in [2.45, 2.75) is 20.0 Å². The number of nitrogens with one attached hydrogen (secondary N) is 2. The quantitative estimate of drug-likeness (QED) is 0.448. The molecule has 0 atom stereocenters. The monoisotopic (exact) mass is 418 g/mol. The van der Waals surface area contributed by atoms with Gasteiger partial charge >= 0.3 is 6.18 Å². The maximum atomic E-state index is 12.8. The van der Waals surface area contributed by atoms with Crippen molar-refractivity contribution in [3.8, 4) is 11.4 Å². The number of phenolic OH excluding ortho intramolecular Hbond substituents is 1. The van der Waals surface area contributed by atoms with E-state index in [2.05, 4.69) is 15.6 Å². The number of carbonyl (C=O) groups excluding carboxylic acids is 1. The Balaban J connectivity index is 1.85. The maximum absolute atomic E-state index is 12.8. The molecule has 0 aliphatic heterocycles. The molecule has 156 valence electrons. The summed E-state index contributed by atoms with van der Waals surface area (Å²) in [5.74, 6) is -0.524. The zero-order valence-electron chi connectivity index (χ0n) is 15.9. The molecule has 0 fully saturated rings. The van der Waals surface area contributed by atoms with Crippen molar-refractivity contribution in [1.29, 1.82) is 0 Å². The van der Waals surface area contributed by atoms with Crippen LogP contribution >= 0.6 is 0 Å². The van der Waals surface area contributed by atoms with E-state index in [1.165, 1.54) is 43.3 Å². The van der Waals surface area contributed by atoms with E-state index in [9.17, 15) is 27.9 Å². The number of hydrogen-bond acceptors (Lipinski definition) is 4. The zero-order chi connectivity index (χ0) is 22.1. The summed E-state index contributed by atoms with van der Waals surface area (Å²) in [6.07, 6.45) is -4.47. The van der Waals surface area contributed by atoms with Crippen LogP contribution in [-0.4, -0.2) is 26.5 Å². The number of aryl methyl sites for hydroxylation is 1. The van der Waals surface area contributed by atoms with Gasteiger partial charge in [0.1, 0.15) is 5.75 Å². The Bertz CT molecular complexity index is 1160. The number of amides is 1. The standard InChI is InChI=1S/C20H17F3N4O3/c1-11(24-25-18(29)13-3-9-16(28)10-4-13)17-12(2)26-27(19(17)30)15-7-5-14(6-8-15)20(21,22)23/h3-10,26,28H,1-2H3,(H,25,29)/b24-11+. The van der Waals surface area contributed by atoms with Crippen molar-refractivity contribution in [3.05, 3.63) is 81.3 Å². The summed E-state index contributed by atoms with van der Waals surface area (Å²) in [7, 11) is 0. The van der Waals surface area contributed by atoms with E-state index in [0.29, 0.717) is 5.69 Å². The highest BCUT2D eigenvalue weighted by Crippen LogP contribution is 2.29. The van der Waals surface area contributed by atoms with Crippen LogP contribution in [0, 0.1) is 6.92 Å². The lowest BCUT2D eigenvalue weighted by Crippen LogP contribution is -2.23. The highest BCUT2D eigenvalue weighted by molar-refractivity contribution is 6.01. The minimum Gasteiger partial charge on any atom is -0.508 e. The minimum atomic E-state index is -4.47. The molecule has 3 N–H and O–H groups in total. The Hall–Kier alpha value is -3.82. The molecule has 0 aliphatic rings. The van der Waals surface area contributed by atoms with Crippen LogP contribution in [-0.2, 0) is 6.18 Å². The van der Waals surface area contributed by atoms with Crippen LogP contribution in [0.2, 0.25) is 0 Å². The molecule has 1 amide bonds. The van der Waals surface area contributed by atoms with E-state index in [1.807, 2.05) is 0 Å². The first-order valence-corrected chi connectivity index (χ1v) is 8.71. The highest BCUT2D eigenvalue weighted by atomic mass is 19.4. The van der Waals surface area contributed by atoms with Crippen molar-refractivity contribution < 1.29 is 23.1 Å². The van der Waals surface area contributed by atoms with Crippen molar-refractivity contribution in [1.82, 2.24) is 15.2 Å². The van der Waals surface area contributed by atoms with E-state index in [1.54, 1.807) is 6.92 Å². The second-order valence-electron chi connectivity index (χ2n) is 6.48. The van der Waals surface area contributed by atoms with Crippen LogP contribution in [0.25, 0.3) is 5.69 Å². The van der Waals surface area contributed by atoms with E-state index >= 15 is 0 Å². The number of halogens is 3. The topological polar surface area (TPSA) is 99.5 Å². The summed E-state index contributed by atoms with van der Waals surface area (Å²) in [5, 5.41) is 16.0.